The molecule has 10 nitrogen and oxygen atoms in total. The van der Waals surface area contributed by atoms with E-state index < -0.39 is 10.9 Å². The lowest BCUT2D eigenvalue weighted by atomic mass is 10.1. The standard InChI is InChI=1S/C22H24N2O2.C17H14N2O4/c1-2-26-22(25)17-12-16-13-19(15-8-4-3-5-9-15)24-21(16)20(14-17)23-18-10-6-7-11-18;1-2-23-17(20)13-8-12-9-14(11-6-4-3-5-7-11)18-16(12)15(10-13)19(21)22/h3-5,8-9,12-14,18,23-24H,2,6-7,10-11H2,1H3;3-10,18H,2H2,1H3. The van der Waals surface area contributed by atoms with Gasteiger partial charge in [-0.05, 0) is 68.1 Å². The number of fused-ring (bicyclic) bond motifs is 2. The van der Waals surface area contributed by atoms with Crippen molar-refractivity contribution in [3.05, 3.63) is 118 Å². The molecule has 0 radical (unpaired) electrons. The van der Waals surface area contributed by atoms with Gasteiger partial charge in [0.15, 0.2) is 0 Å². The Morgan fingerprint density at radius 2 is 1.22 bits per heavy atom. The molecule has 1 fully saturated rings. The van der Waals surface area contributed by atoms with Gasteiger partial charge in [0.05, 0.1) is 40.5 Å². The molecule has 1 aliphatic rings. The Bertz CT molecular complexity index is 2100. The van der Waals surface area contributed by atoms with Crippen molar-refractivity contribution < 1.29 is 24.0 Å². The number of carbonyl (C=O) groups is 2. The number of anilines is 1. The quantitative estimate of drug-likeness (QED) is 0.0799. The van der Waals surface area contributed by atoms with Crippen LogP contribution in [0.4, 0.5) is 11.4 Å². The zero-order valence-corrected chi connectivity index (χ0v) is 27.5. The van der Waals surface area contributed by atoms with Gasteiger partial charge in [-0.25, -0.2) is 9.59 Å². The summed E-state index contributed by atoms with van der Waals surface area (Å²) in [5.74, 6) is -0.841. The maximum absolute atomic E-state index is 12.3. The molecule has 0 saturated heterocycles. The molecule has 0 atom stereocenters. The largest absolute Gasteiger partial charge is 0.462 e. The molecule has 0 aliphatic heterocycles. The van der Waals surface area contributed by atoms with Crippen LogP contribution in [0.25, 0.3) is 44.3 Å². The number of benzene rings is 4. The summed E-state index contributed by atoms with van der Waals surface area (Å²) in [6.07, 6.45) is 4.88. The number of nitro groups is 1. The maximum atomic E-state index is 12.3. The molecule has 0 amide bonds. The van der Waals surface area contributed by atoms with E-state index in [0.717, 1.165) is 39.1 Å². The van der Waals surface area contributed by atoms with Gasteiger partial charge >= 0.3 is 11.9 Å². The van der Waals surface area contributed by atoms with Gasteiger partial charge in [-0.3, -0.25) is 10.1 Å². The van der Waals surface area contributed by atoms with E-state index in [-0.39, 0.29) is 23.8 Å². The molecule has 4 aromatic carbocycles. The van der Waals surface area contributed by atoms with Gasteiger partial charge in [0.25, 0.3) is 5.69 Å². The average molecular weight is 659 g/mol. The first-order valence-corrected chi connectivity index (χ1v) is 16.5. The molecule has 250 valence electrons. The molecule has 1 saturated carbocycles. The van der Waals surface area contributed by atoms with E-state index in [2.05, 4.69) is 33.5 Å². The van der Waals surface area contributed by atoms with Crippen molar-refractivity contribution in [3.63, 3.8) is 0 Å². The number of aromatic amines is 2. The molecule has 6 aromatic rings. The van der Waals surface area contributed by atoms with Crippen molar-refractivity contribution in [1.29, 1.82) is 0 Å². The zero-order valence-electron chi connectivity index (χ0n) is 27.5. The number of ether oxygens (including phenoxy) is 2. The highest BCUT2D eigenvalue weighted by Gasteiger charge is 2.21. The number of H-pyrrole nitrogens is 2. The third kappa shape index (κ3) is 7.49. The predicted octanol–water partition coefficient (Wildman–Crippen LogP) is 9.29. The summed E-state index contributed by atoms with van der Waals surface area (Å²) < 4.78 is 10.1. The van der Waals surface area contributed by atoms with E-state index in [9.17, 15) is 19.7 Å². The average Bonchev–Trinajstić information content (AvgIpc) is 3.89. The number of hydrogen-bond donors (Lipinski definition) is 3. The Balaban J connectivity index is 0.000000171. The van der Waals surface area contributed by atoms with Crippen LogP contribution in [-0.4, -0.2) is 46.1 Å². The van der Waals surface area contributed by atoms with Crippen LogP contribution in [0.3, 0.4) is 0 Å². The van der Waals surface area contributed by atoms with Crippen molar-refractivity contribution in [1.82, 2.24) is 9.97 Å². The fourth-order valence-electron chi connectivity index (χ4n) is 6.23. The number of carbonyl (C=O) groups excluding carboxylic acids is 2. The van der Waals surface area contributed by atoms with Crippen molar-refractivity contribution in [2.45, 2.75) is 45.6 Å². The van der Waals surface area contributed by atoms with Crippen LogP contribution in [0.2, 0.25) is 0 Å². The number of non-ortho nitro benzene ring substituents is 1. The van der Waals surface area contributed by atoms with Gasteiger partial charge in [-0.15, -0.1) is 0 Å². The molecule has 49 heavy (non-hydrogen) atoms. The molecule has 0 spiro atoms. The smallest absolute Gasteiger partial charge is 0.338 e. The van der Waals surface area contributed by atoms with Gasteiger partial charge in [-0.2, -0.15) is 0 Å². The lowest BCUT2D eigenvalue weighted by Crippen LogP contribution is -2.15. The molecule has 10 heteroatoms. The van der Waals surface area contributed by atoms with Crippen molar-refractivity contribution in [2.24, 2.45) is 0 Å². The SMILES string of the molecule is CCOC(=O)c1cc(NC2CCCC2)c2[nH]c(-c3ccccc3)cc2c1.CCOC(=O)c1cc([N+](=O)[O-])c2[nH]c(-c3ccccc3)cc2c1. The summed E-state index contributed by atoms with van der Waals surface area (Å²) in [5, 5.41) is 16.6. The molecule has 1 aliphatic carbocycles. The Morgan fingerprint density at radius 1 is 0.735 bits per heavy atom. The topological polar surface area (TPSA) is 139 Å². The number of rotatable bonds is 9. The second-order valence-electron chi connectivity index (χ2n) is 11.9. The number of nitro benzene ring substituents is 1. The number of aromatic nitrogens is 2. The number of nitrogens with one attached hydrogen (secondary N) is 3. The van der Waals surface area contributed by atoms with Gasteiger partial charge in [-0.1, -0.05) is 73.5 Å². The fraction of sp³-hybridized carbons (Fsp3) is 0.231. The van der Waals surface area contributed by atoms with Crippen LogP contribution >= 0.6 is 0 Å². The van der Waals surface area contributed by atoms with Crippen LogP contribution in [0.15, 0.2) is 97.1 Å². The van der Waals surface area contributed by atoms with Crippen molar-refractivity contribution in [2.75, 3.05) is 18.5 Å². The van der Waals surface area contributed by atoms with E-state index in [0.29, 0.717) is 29.1 Å². The summed E-state index contributed by atoms with van der Waals surface area (Å²) in [4.78, 5) is 41.6. The molecule has 2 aromatic heterocycles. The molecule has 0 unspecified atom stereocenters. The van der Waals surface area contributed by atoms with Crippen LogP contribution in [0.5, 0.6) is 0 Å². The fourth-order valence-corrected chi connectivity index (χ4v) is 6.23. The third-order valence-corrected chi connectivity index (χ3v) is 8.54. The van der Waals surface area contributed by atoms with Crippen LogP contribution in [-0.2, 0) is 9.47 Å². The normalized spacial score (nSPS) is 12.8. The summed E-state index contributed by atoms with van der Waals surface area (Å²) in [7, 11) is 0. The molecule has 0 bridgehead atoms. The van der Waals surface area contributed by atoms with Gasteiger partial charge < -0.3 is 24.8 Å². The minimum Gasteiger partial charge on any atom is -0.462 e. The minimum absolute atomic E-state index is 0.146. The molecule has 3 N–H and O–H groups in total. The molecule has 2 heterocycles. The summed E-state index contributed by atoms with van der Waals surface area (Å²) in [6.45, 7) is 4.12. The number of esters is 2. The Labute approximate surface area is 283 Å². The lowest BCUT2D eigenvalue weighted by molar-refractivity contribution is -0.383. The second-order valence-corrected chi connectivity index (χ2v) is 11.9. The lowest BCUT2D eigenvalue weighted by Gasteiger charge is -2.15. The van der Waals surface area contributed by atoms with E-state index >= 15 is 0 Å². The van der Waals surface area contributed by atoms with Crippen LogP contribution < -0.4 is 5.32 Å². The van der Waals surface area contributed by atoms with Crippen LogP contribution in [0, 0.1) is 10.1 Å². The highest BCUT2D eigenvalue weighted by atomic mass is 16.6. The Kier molecular flexibility index (Phi) is 10.0. The summed E-state index contributed by atoms with van der Waals surface area (Å²) in [6, 6.07) is 30.8. The molecule has 7 rings (SSSR count). The van der Waals surface area contributed by atoms with E-state index in [1.807, 2.05) is 67.6 Å². The van der Waals surface area contributed by atoms with Crippen molar-refractivity contribution >= 4 is 45.1 Å². The highest BCUT2D eigenvalue weighted by Crippen LogP contribution is 2.34. The Morgan fingerprint density at radius 3 is 1.73 bits per heavy atom. The van der Waals surface area contributed by atoms with Gasteiger partial charge in [0.2, 0.25) is 0 Å². The zero-order chi connectivity index (χ0) is 34.3. The predicted molar refractivity (Wildman–Crippen MR) is 192 cm³/mol. The monoisotopic (exact) mass is 658 g/mol. The molecular weight excluding hydrogens is 620 g/mol. The number of hydrogen-bond acceptors (Lipinski definition) is 7. The van der Waals surface area contributed by atoms with Crippen LogP contribution in [0.1, 0.15) is 60.2 Å². The first kappa shape index (κ1) is 33.0. The highest BCUT2D eigenvalue weighted by molar-refractivity contribution is 6.02. The van der Waals surface area contributed by atoms with E-state index in [1.54, 1.807) is 19.1 Å². The summed E-state index contributed by atoms with van der Waals surface area (Å²) in [5.41, 5.74) is 6.89. The maximum Gasteiger partial charge on any atom is 0.338 e. The second kappa shape index (κ2) is 14.9. The third-order valence-electron chi connectivity index (χ3n) is 8.54. The van der Waals surface area contributed by atoms with E-state index in [4.69, 9.17) is 9.47 Å². The minimum atomic E-state index is -0.569. The number of nitrogens with zero attached hydrogens (tertiary/aromatic N) is 1. The van der Waals surface area contributed by atoms with Crippen molar-refractivity contribution in [3.8, 4) is 22.5 Å². The first-order chi connectivity index (χ1) is 23.8. The van der Waals surface area contributed by atoms with Gasteiger partial charge in [0, 0.05) is 34.3 Å². The molecular formula is C39H38N4O6. The van der Waals surface area contributed by atoms with E-state index in [1.165, 1.54) is 31.7 Å². The first-order valence-electron chi connectivity index (χ1n) is 16.5. The summed E-state index contributed by atoms with van der Waals surface area (Å²) >= 11 is 0. The van der Waals surface area contributed by atoms with Gasteiger partial charge in [0.1, 0.15) is 5.52 Å². The Hall–Kier alpha value is -5.90.